The van der Waals surface area contributed by atoms with Gasteiger partial charge in [0.25, 0.3) is 0 Å². The molecule has 0 aliphatic carbocycles. The van der Waals surface area contributed by atoms with Crippen molar-refractivity contribution in [2.45, 2.75) is 0 Å². The van der Waals surface area contributed by atoms with Gasteiger partial charge in [0.15, 0.2) is 0 Å². The third-order valence-corrected chi connectivity index (χ3v) is 3.92. The molecule has 0 aliphatic rings. The molecule has 1 heteroatoms. The Balaban J connectivity index is 1.98. The summed E-state index contributed by atoms with van der Waals surface area (Å²) in [6, 6.07) is 25.3. The van der Waals surface area contributed by atoms with Gasteiger partial charge in [-0.15, -0.1) is 0 Å². The second-order valence-corrected chi connectivity index (χ2v) is 5.32. The fourth-order valence-corrected chi connectivity index (χ4v) is 2.87. The summed E-state index contributed by atoms with van der Waals surface area (Å²) < 4.78 is 0. The van der Waals surface area contributed by atoms with E-state index in [9.17, 15) is 0 Å². The highest BCUT2D eigenvalue weighted by Gasteiger charge is 2.04. The van der Waals surface area contributed by atoms with Crippen LogP contribution in [0.3, 0.4) is 0 Å². The van der Waals surface area contributed by atoms with Crippen LogP contribution in [0, 0.1) is 0 Å². The number of aromatic nitrogens is 1. The number of fused-ring (bicyclic) bond motifs is 2. The van der Waals surface area contributed by atoms with Gasteiger partial charge in [0.1, 0.15) is 0 Å². The van der Waals surface area contributed by atoms with Crippen LogP contribution in [0.15, 0.2) is 79.0 Å². The first-order valence-electron chi connectivity index (χ1n) is 7.41. The largest absolute Gasteiger partial charge is 0.257 e. The molecule has 1 nitrogen and oxygen atoms in total. The number of hydrogen-bond donors (Lipinski definition) is 0. The molecule has 0 aliphatic heterocycles. The summed E-state index contributed by atoms with van der Waals surface area (Å²) in [5.74, 6) is 0. The average Bonchev–Trinajstić information content (AvgIpc) is 2.59. The van der Waals surface area contributed by atoms with Crippen molar-refractivity contribution in [3.8, 4) is 0 Å². The Morgan fingerprint density at radius 1 is 0.636 bits per heavy atom. The van der Waals surface area contributed by atoms with E-state index in [1.54, 1.807) is 0 Å². The van der Waals surface area contributed by atoms with Crippen LogP contribution in [-0.4, -0.2) is 4.98 Å². The quantitative estimate of drug-likeness (QED) is 0.438. The monoisotopic (exact) mass is 281 g/mol. The van der Waals surface area contributed by atoms with Gasteiger partial charge in [-0.1, -0.05) is 60.7 Å². The molecule has 4 rings (SSSR count). The summed E-state index contributed by atoms with van der Waals surface area (Å²) >= 11 is 0. The van der Waals surface area contributed by atoms with Crippen LogP contribution >= 0.6 is 0 Å². The van der Waals surface area contributed by atoms with Gasteiger partial charge >= 0.3 is 0 Å². The van der Waals surface area contributed by atoms with Crippen LogP contribution in [-0.2, 0) is 0 Å². The van der Waals surface area contributed by atoms with E-state index in [2.05, 4.69) is 71.7 Å². The van der Waals surface area contributed by atoms with E-state index in [4.69, 9.17) is 0 Å². The van der Waals surface area contributed by atoms with Crippen molar-refractivity contribution < 1.29 is 0 Å². The Bertz CT molecular complexity index is 915. The molecule has 0 atom stereocenters. The molecule has 0 bridgehead atoms. The smallest absolute Gasteiger partial charge is 0.0629 e. The van der Waals surface area contributed by atoms with Crippen LogP contribution in [0.1, 0.15) is 11.3 Å². The Hall–Kier alpha value is -2.93. The number of nitrogens with zero attached hydrogens (tertiary/aromatic N) is 1. The minimum Gasteiger partial charge on any atom is -0.257 e. The van der Waals surface area contributed by atoms with Crippen molar-refractivity contribution in [1.29, 1.82) is 0 Å². The minimum atomic E-state index is 0.972. The maximum absolute atomic E-state index is 4.37. The topological polar surface area (TPSA) is 12.9 Å². The van der Waals surface area contributed by atoms with Gasteiger partial charge in [0.2, 0.25) is 0 Å². The van der Waals surface area contributed by atoms with Crippen molar-refractivity contribution in [1.82, 2.24) is 4.98 Å². The second kappa shape index (κ2) is 5.45. The van der Waals surface area contributed by atoms with Crippen LogP contribution in [0.2, 0.25) is 0 Å². The van der Waals surface area contributed by atoms with Gasteiger partial charge in [-0.2, -0.15) is 0 Å². The molecule has 4 aromatic rings. The third-order valence-electron chi connectivity index (χ3n) is 3.92. The van der Waals surface area contributed by atoms with Gasteiger partial charge in [-0.05, 0) is 51.4 Å². The maximum atomic E-state index is 4.37. The lowest BCUT2D eigenvalue weighted by Gasteiger charge is -2.08. The maximum Gasteiger partial charge on any atom is 0.0629 e. The van der Waals surface area contributed by atoms with Crippen molar-refractivity contribution in [2.75, 3.05) is 0 Å². The number of benzene rings is 3. The summed E-state index contributed by atoms with van der Waals surface area (Å²) in [5.41, 5.74) is 2.22. The molecule has 22 heavy (non-hydrogen) atoms. The van der Waals surface area contributed by atoms with Crippen molar-refractivity contribution >= 4 is 33.7 Å². The molecule has 1 aromatic heterocycles. The van der Waals surface area contributed by atoms with Crippen molar-refractivity contribution in [3.05, 3.63) is 90.3 Å². The first-order valence-corrected chi connectivity index (χ1v) is 7.41. The second-order valence-electron chi connectivity index (χ2n) is 5.32. The highest BCUT2D eigenvalue weighted by atomic mass is 14.6. The average molecular weight is 281 g/mol. The third kappa shape index (κ3) is 2.27. The summed E-state index contributed by atoms with van der Waals surface area (Å²) in [6.07, 6.45) is 6.07. The van der Waals surface area contributed by atoms with E-state index < -0.39 is 0 Å². The van der Waals surface area contributed by atoms with E-state index in [1.807, 2.05) is 24.4 Å². The molecule has 3 aromatic carbocycles. The van der Waals surface area contributed by atoms with Crippen LogP contribution < -0.4 is 0 Å². The molecule has 0 saturated heterocycles. The standard InChI is InChI=1S/C21H15N/c1-3-10-19-16(7-1)15-17-8-2-4-11-20(17)21(19)13-12-18-9-5-6-14-22-18/h1-15H/b13-12+. The molecule has 0 fully saturated rings. The Morgan fingerprint density at radius 3 is 1.91 bits per heavy atom. The highest BCUT2D eigenvalue weighted by molar-refractivity contribution is 6.07. The molecule has 0 saturated carbocycles. The predicted octanol–water partition coefficient (Wildman–Crippen LogP) is 5.56. The van der Waals surface area contributed by atoms with E-state index in [0.717, 1.165) is 5.69 Å². The molecule has 0 spiro atoms. The zero-order chi connectivity index (χ0) is 14.8. The fourth-order valence-electron chi connectivity index (χ4n) is 2.87. The molecule has 1 heterocycles. The molecule has 0 unspecified atom stereocenters. The van der Waals surface area contributed by atoms with E-state index in [-0.39, 0.29) is 0 Å². The summed E-state index contributed by atoms with van der Waals surface area (Å²) in [5, 5.41) is 5.07. The number of rotatable bonds is 2. The Kier molecular flexibility index (Phi) is 3.17. The van der Waals surface area contributed by atoms with E-state index in [0.29, 0.717) is 0 Å². The SMILES string of the molecule is C(=C\c1c2ccccc2cc2ccccc12)/c1ccccn1. The zero-order valence-corrected chi connectivity index (χ0v) is 12.1. The molecule has 0 N–H and O–H groups in total. The first-order chi connectivity index (χ1) is 10.9. The first kappa shape index (κ1) is 12.8. The van der Waals surface area contributed by atoms with Gasteiger partial charge in [-0.3, -0.25) is 4.98 Å². The van der Waals surface area contributed by atoms with Crippen LogP contribution in [0.4, 0.5) is 0 Å². The predicted molar refractivity (Wildman–Crippen MR) is 94.6 cm³/mol. The lowest BCUT2D eigenvalue weighted by Crippen LogP contribution is -1.83. The summed E-state index contributed by atoms with van der Waals surface area (Å²) in [7, 11) is 0. The summed E-state index contributed by atoms with van der Waals surface area (Å²) in [4.78, 5) is 4.37. The molecule has 0 amide bonds. The highest BCUT2D eigenvalue weighted by Crippen LogP contribution is 2.29. The normalized spacial score (nSPS) is 11.5. The molecule has 104 valence electrons. The molecular weight excluding hydrogens is 266 g/mol. The minimum absolute atomic E-state index is 0.972. The molecular formula is C21H15N. The van der Waals surface area contributed by atoms with Crippen molar-refractivity contribution in [2.24, 2.45) is 0 Å². The van der Waals surface area contributed by atoms with Crippen LogP contribution in [0.5, 0.6) is 0 Å². The van der Waals surface area contributed by atoms with Crippen molar-refractivity contribution in [3.63, 3.8) is 0 Å². The van der Waals surface area contributed by atoms with Gasteiger partial charge in [-0.25, -0.2) is 0 Å². The van der Waals surface area contributed by atoms with Gasteiger partial charge < -0.3 is 0 Å². The van der Waals surface area contributed by atoms with Gasteiger partial charge in [0, 0.05) is 6.20 Å². The Morgan fingerprint density at radius 2 is 1.27 bits per heavy atom. The van der Waals surface area contributed by atoms with E-state index >= 15 is 0 Å². The number of pyridine rings is 1. The van der Waals surface area contributed by atoms with Crippen LogP contribution in [0.25, 0.3) is 33.7 Å². The lowest BCUT2D eigenvalue weighted by atomic mass is 9.96. The number of hydrogen-bond acceptors (Lipinski definition) is 1. The molecule has 0 radical (unpaired) electrons. The Labute approximate surface area is 129 Å². The zero-order valence-electron chi connectivity index (χ0n) is 12.1. The lowest BCUT2D eigenvalue weighted by molar-refractivity contribution is 1.30. The van der Waals surface area contributed by atoms with E-state index in [1.165, 1.54) is 27.1 Å². The van der Waals surface area contributed by atoms with Gasteiger partial charge in [0.05, 0.1) is 5.69 Å². The fraction of sp³-hybridized carbons (Fsp3) is 0. The summed E-state index contributed by atoms with van der Waals surface area (Å²) in [6.45, 7) is 0.